The minimum Gasteiger partial charge on any atom is -0.509 e. The first-order valence-electron chi connectivity index (χ1n) is 6.09. The van der Waals surface area contributed by atoms with Crippen LogP contribution in [-0.4, -0.2) is 15.0 Å². The molecule has 0 aliphatic carbocycles. The van der Waals surface area contributed by atoms with Crippen molar-refractivity contribution in [3.05, 3.63) is 46.7 Å². The fourth-order valence-electron chi connectivity index (χ4n) is 1.86. The molecule has 1 atom stereocenters. The van der Waals surface area contributed by atoms with Crippen LogP contribution in [0.15, 0.2) is 35.6 Å². The van der Waals surface area contributed by atoms with E-state index in [0.29, 0.717) is 17.6 Å². The molecular formula is C16H13NO2S. The predicted octanol–water partition coefficient (Wildman–Crippen LogP) is 2.97. The number of nitrogens with zero attached hydrogens (tertiary/aromatic N) is 1. The van der Waals surface area contributed by atoms with Gasteiger partial charge >= 0.3 is 0 Å². The van der Waals surface area contributed by atoms with Gasteiger partial charge in [-0.1, -0.05) is 35.7 Å². The number of carbonyl (C=O) groups is 1. The Bertz CT molecular complexity index is 686. The van der Waals surface area contributed by atoms with Crippen LogP contribution in [0.4, 0.5) is 0 Å². The molecule has 2 rings (SSSR count). The van der Waals surface area contributed by atoms with Crippen molar-refractivity contribution in [1.29, 1.82) is 5.26 Å². The highest BCUT2D eigenvalue weighted by Crippen LogP contribution is 2.41. The highest BCUT2D eigenvalue weighted by Gasteiger charge is 2.40. The standard InChI is InChI=1S/C16H13NO2S/c1-11-14(18)16(2,20-15(11)19)9-3-4-12-5-7-13(10-17)8-6-12/h5-8,18H,4H2,1-2H3. The number of rotatable bonds is 1. The lowest BCUT2D eigenvalue weighted by Crippen LogP contribution is -2.17. The van der Waals surface area contributed by atoms with Gasteiger partial charge in [-0.3, -0.25) is 4.79 Å². The lowest BCUT2D eigenvalue weighted by Gasteiger charge is -2.14. The molecule has 1 unspecified atom stereocenters. The van der Waals surface area contributed by atoms with E-state index in [-0.39, 0.29) is 10.9 Å². The van der Waals surface area contributed by atoms with Gasteiger partial charge in [0.1, 0.15) is 10.5 Å². The molecule has 0 fully saturated rings. The molecule has 0 spiro atoms. The zero-order chi connectivity index (χ0) is 14.8. The van der Waals surface area contributed by atoms with E-state index >= 15 is 0 Å². The third kappa shape index (κ3) is 2.71. The highest BCUT2D eigenvalue weighted by molar-refractivity contribution is 8.16. The second-order valence-corrected chi connectivity index (χ2v) is 6.08. The SMILES string of the molecule is CC1=C(O)C(C)(C#CCc2ccc(C#N)cc2)SC1=O. The van der Waals surface area contributed by atoms with E-state index in [9.17, 15) is 9.90 Å². The number of benzene rings is 1. The van der Waals surface area contributed by atoms with Crippen LogP contribution in [0, 0.1) is 23.2 Å². The Labute approximate surface area is 122 Å². The minimum atomic E-state index is -0.840. The van der Waals surface area contributed by atoms with Crippen LogP contribution in [0.3, 0.4) is 0 Å². The molecule has 0 radical (unpaired) electrons. The molecule has 1 aliphatic rings. The number of aliphatic hydroxyl groups excluding tert-OH is 1. The van der Waals surface area contributed by atoms with Gasteiger partial charge in [-0.25, -0.2) is 0 Å². The van der Waals surface area contributed by atoms with Gasteiger partial charge in [-0.05, 0) is 31.5 Å². The fraction of sp³-hybridized carbons (Fsp3) is 0.250. The first-order chi connectivity index (χ1) is 9.46. The van der Waals surface area contributed by atoms with Gasteiger partial charge in [0.05, 0.1) is 11.6 Å². The maximum atomic E-state index is 11.6. The topological polar surface area (TPSA) is 61.1 Å². The Hall–Kier alpha value is -2.17. The zero-order valence-corrected chi connectivity index (χ0v) is 12.0. The van der Waals surface area contributed by atoms with Crippen molar-refractivity contribution in [3.63, 3.8) is 0 Å². The first-order valence-corrected chi connectivity index (χ1v) is 6.90. The van der Waals surface area contributed by atoms with Gasteiger partial charge in [0, 0.05) is 12.0 Å². The quantitative estimate of drug-likeness (QED) is 0.805. The van der Waals surface area contributed by atoms with Gasteiger partial charge in [-0.15, -0.1) is 0 Å². The number of hydrogen-bond donors (Lipinski definition) is 1. The fourth-order valence-corrected chi connectivity index (χ4v) is 2.86. The zero-order valence-electron chi connectivity index (χ0n) is 11.2. The van der Waals surface area contributed by atoms with Gasteiger partial charge in [0.2, 0.25) is 5.12 Å². The maximum absolute atomic E-state index is 11.6. The molecule has 1 aromatic carbocycles. The number of hydrogen-bond acceptors (Lipinski definition) is 4. The minimum absolute atomic E-state index is 0.0554. The third-order valence-electron chi connectivity index (χ3n) is 3.11. The molecular weight excluding hydrogens is 270 g/mol. The first kappa shape index (κ1) is 14.2. The predicted molar refractivity (Wildman–Crippen MR) is 79.0 cm³/mol. The monoisotopic (exact) mass is 283 g/mol. The number of aliphatic hydroxyl groups is 1. The molecule has 4 heteroatoms. The van der Waals surface area contributed by atoms with Crippen molar-refractivity contribution in [2.45, 2.75) is 25.0 Å². The summed E-state index contributed by atoms with van der Waals surface area (Å²) in [5.41, 5.74) is 1.99. The summed E-state index contributed by atoms with van der Waals surface area (Å²) in [4.78, 5) is 11.6. The number of nitriles is 1. The highest BCUT2D eigenvalue weighted by atomic mass is 32.2. The Morgan fingerprint density at radius 1 is 1.35 bits per heavy atom. The van der Waals surface area contributed by atoms with E-state index in [2.05, 4.69) is 17.9 Å². The van der Waals surface area contributed by atoms with Crippen LogP contribution in [0.25, 0.3) is 0 Å². The number of thioether (sulfide) groups is 1. The molecule has 100 valence electrons. The maximum Gasteiger partial charge on any atom is 0.220 e. The molecule has 3 nitrogen and oxygen atoms in total. The smallest absolute Gasteiger partial charge is 0.220 e. The van der Waals surface area contributed by atoms with Gasteiger partial charge < -0.3 is 5.11 Å². The van der Waals surface area contributed by atoms with Crippen molar-refractivity contribution in [2.75, 3.05) is 0 Å². The second kappa shape index (κ2) is 5.45. The molecule has 0 saturated carbocycles. The molecule has 1 aliphatic heterocycles. The summed E-state index contributed by atoms with van der Waals surface area (Å²) in [7, 11) is 0. The lowest BCUT2D eigenvalue weighted by molar-refractivity contribution is -0.107. The molecule has 0 amide bonds. The van der Waals surface area contributed by atoms with Crippen LogP contribution in [-0.2, 0) is 11.2 Å². The molecule has 1 N–H and O–H groups in total. The van der Waals surface area contributed by atoms with Crippen LogP contribution in [0.5, 0.6) is 0 Å². The average Bonchev–Trinajstić information content (AvgIpc) is 2.64. The summed E-state index contributed by atoms with van der Waals surface area (Å²) >= 11 is 1.05. The molecule has 1 heterocycles. The summed E-state index contributed by atoms with van der Waals surface area (Å²) < 4.78 is -0.840. The van der Waals surface area contributed by atoms with Crippen LogP contribution < -0.4 is 0 Å². The Morgan fingerprint density at radius 2 is 2.00 bits per heavy atom. The van der Waals surface area contributed by atoms with Crippen LogP contribution >= 0.6 is 11.8 Å². The Morgan fingerprint density at radius 3 is 2.50 bits per heavy atom. The van der Waals surface area contributed by atoms with E-state index in [1.54, 1.807) is 26.0 Å². The molecule has 20 heavy (non-hydrogen) atoms. The van der Waals surface area contributed by atoms with Crippen molar-refractivity contribution >= 4 is 16.9 Å². The summed E-state index contributed by atoms with van der Waals surface area (Å²) in [5, 5.41) is 18.5. The van der Waals surface area contributed by atoms with E-state index in [1.165, 1.54) is 0 Å². The summed E-state index contributed by atoms with van der Waals surface area (Å²) in [6, 6.07) is 9.25. The summed E-state index contributed by atoms with van der Waals surface area (Å²) in [6.07, 6.45) is 0.516. The van der Waals surface area contributed by atoms with E-state index in [1.807, 2.05) is 12.1 Å². The second-order valence-electron chi connectivity index (χ2n) is 4.68. The molecule has 0 bridgehead atoms. The van der Waals surface area contributed by atoms with Crippen molar-refractivity contribution < 1.29 is 9.90 Å². The van der Waals surface area contributed by atoms with E-state index < -0.39 is 4.75 Å². The van der Waals surface area contributed by atoms with E-state index in [4.69, 9.17) is 5.26 Å². The van der Waals surface area contributed by atoms with Crippen molar-refractivity contribution in [2.24, 2.45) is 0 Å². The van der Waals surface area contributed by atoms with Crippen LogP contribution in [0.1, 0.15) is 25.0 Å². The average molecular weight is 283 g/mol. The Balaban J connectivity index is 2.12. The molecule has 0 aromatic heterocycles. The normalized spacial score (nSPS) is 21.4. The largest absolute Gasteiger partial charge is 0.509 e. The van der Waals surface area contributed by atoms with Gasteiger partial charge in [0.15, 0.2) is 0 Å². The molecule has 1 aromatic rings. The third-order valence-corrected chi connectivity index (χ3v) is 4.31. The number of carbonyl (C=O) groups excluding carboxylic acids is 1. The molecule has 0 saturated heterocycles. The lowest BCUT2D eigenvalue weighted by atomic mass is 10.0. The van der Waals surface area contributed by atoms with E-state index in [0.717, 1.165) is 17.3 Å². The van der Waals surface area contributed by atoms with Crippen molar-refractivity contribution in [1.82, 2.24) is 0 Å². The van der Waals surface area contributed by atoms with Crippen LogP contribution in [0.2, 0.25) is 0 Å². The summed E-state index contributed by atoms with van der Waals surface area (Å²) in [6.45, 7) is 3.35. The Kier molecular flexibility index (Phi) is 3.88. The summed E-state index contributed by atoms with van der Waals surface area (Å²) in [5.74, 6) is 6.01. The van der Waals surface area contributed by atoms with Gasteiger partial charge in [0.25, 0.3) is 0 Å². The van der Waals surface area contributed by atoms with Gasteiger partial charge in [-0.2, -0.15) is 5.26 Å². The van der Waals surface area contributed by atoms with Crippen molar-refractivity contribution in [3.8, 4) is 17.9 Å².